The van der Waals surface area contributed by atoms with Crippen molar-refractivity contribution in [2.24, 2.45) is 0 Å². The van der Waals surface area contributed by atoms with Crippen LogP contribution >= 0.6 is 30.2 Å². The fourth-order valence-corrected chi connectivity index (χ4v) is 10.5. The van der Waals surface area contributed by atoms with Crippen LogP contribution in [0.4, 0.5) is 11.8 Å². The summed E-state index contributed by atoms with van der Waals surface area (Å²) in [6.07, 6.45) is -9.10. The molecule has 0 aromatic carbocycles. The first-order valence-corrected chi connectivity index (χ1v) is 22.0. The Kier molecular flexibility index (Phi) is 11.8. The zero-order chi connectivity index (χ0) is 40.2. The van der Waals surface area contributed by atoms with Crippen molar-refractivity contribution in [3.05, 3.63) is 29.3 Å². The quantitative estimate of drug-likeness (QED) is 0.0557. The molecule has 0 radical (unpaired) electrons. The van der Waals surface area contributed by atoms with Crippen molar-refractivity contribution in [2.45, 2.75) is 49.1 Å². The molecule has 6 rings (SSSR count). The summed E-state index contributed by atoms with van der Waals surface area (Å²) in [4.78, 5) is 83.0. The van der Waals surface area contributed by atoms with Gasteiger partial charge in [0, 0.05) is 7.11 Å². The lowest BCUT2D eigenvalue weighted by Gasteiger charge is -2.26. The van der Waals surface area contributed by atoms with Gasteiger partial charge in [0.15, 0.2) is 35.1 Å². The summed E-state index contributed by atoms with van der Waals surface area (Å²) in [5.74, 6) is -0.311. The number of hydrogen-bond donors (Lipinski definition) is 10. The van der Waals surface area contributed by atoms with Crippen LogP contribution in [0.15, 0.2) is 23.8 Å². The number of aliphatic hydroxyl groups is 2. The van der Waals surface area contributed by atoms with Gasteiger partial charge in [-0.15, -0.1) is 0 Å². The largest absolute Gasteiger partial charge is 0.488 e. The van der Waals surface area contributed by atoms with E-state index in [1.807, 2.05) is 0 Å². The van der Waals surface area contributed by atoms with Crippen LogP contribution in [-0.2, 0) is 61.9 Å². The second-order valence-corrected chi connectivity index (χ2v) is 18.6. The lowest BCUT2D eigenvalue weighted by Crippen LogP contribution is -2.38. The molecule has 12 N–H and O–H groups in total. The highest BCUT2D eigenvalue weighted by atomic mass is 32.5. The van der Waals surface area contributed by atoms with Crippen LogP contribution in [0.3, 0.4) is 0 Å². The number of imidazole rings is 2. The van der Waals surface area contributed by atoms with Crippen LogP contribution in [0.25, 0.3) is 22.3 Å². The molecule has 0 amide bonds. The van der Waals surface area contributed by atoms with E-state index in [-0.39, 0.29) is 34.1 Å². The second kappa shape index (κ2) is 15.5. The third-order valence-electron chi connectivity index (χ3n) is 7.76. The van der Waals surface area contributed by atoms with E-state index in [1.165, 1.54) is 10.9 Å². The molecule has 0 bridgehead atoms. The standard InChI is InChI=1S/C21H30N10O19P4S/c1-43-14-13(48-52(38,39)44-2-7-11(32)12(33)19(46-7)31-6-27-10-17(31)28-21(23)29-18(10)34)8(3-45-54(42,55)50-53(40,41)49-51(35,36)37)47-20(14)30-5-26-9-15(22)24-4-25-16(9)30/h4-8,11-14,19-20,32-33H,2-3H2,1H3,(H,38,39)(H,40,41)(H,42,55)(H2,22,24,25)(H2,35,36,37)(H3,23,28,29,34)/t7-,8?,11-,12-,13-,14-,19-,20-,54?/m1/s1. The van der Waals surface area contributed by atoms with E-state index in [2.05, 4.69) is 50.3 Å². The first kappa shape index (κ1) is 41.9. The number of phosphoric ester groups is 1. The van der Waals surface area contributed by atoms with E-state index in [1.54, 1.807) is 0 Å². The molecule has 4 aromatic rings. The number of nitrogen functional groups attached to an aromatic ring is 2. The lowest BCUT2D eigenvalue weighted by molar-refractivity contribution is -0.0580. The zero-order valence-corrected chi connectivity index (χ0v) is 31.7. The smallest absolute Gasteiger partial charge is 0.387 e. The van der Waals surface area contributed by atoms with Crippen molar-refractivity contribution in [2.75, 3.05) is 31.8 Å². The predicted molar refractivity (Wildman–Crippen MR) is 180 cm³/mol. The van der Waals surface area contributed by atoms with Gasteiger partial charge in [0.2, 0.25) is 5.95 Å². The Morgan fingerprint density at radius 1 is 0.836 bits per heavy atom. The van der Waals surface area contributed by atoms with Crippen molar-refractivity contribution < 1.29 is 84.8 Å². The number of methoxy groups -OCH3 is 1. The van der Waals surface area contributed by atoms with E-state index in [4.69, 9.17) is 49.0 Å². The van der Waals surface area contributed by atoms with Gasteiger partial charge in [0.25, 0.3) is 5.56 Å². The van der Waals surface area contributed by atoms with Crippen molar-refractivity contribution in [1.29, 1.82) is 0 Å². The minimum absolute atomic E-state index is 0.0281. The fraction of sp³-hybridized carbons (Fsp3) is 0.524. The Balaban J connectivity index is 1.21. The van der Waals surface area contributed by atoms with Crippen molar-refractivity contribution in [1.82, 2.24) is 39.0 Å². The molecule has 4 aromatic heterocycles. The van der Waals surface area contributed by atoms with Crippen molar-refractivity contribution in [3.8, 4) is 0 Å². The topological polar surface area (TPSA) is 426 Å². The maximum absolute atomic E-state index is 13.4. The minimum Gasteiger partial charge on any atom is -0.387 e. The summed E-state index contributed by atoms with van der Waals surface area (Å²) >= 11 is 4.67. The SMILES string of the molecule is CO[C@@H]1[C@H](OP(=O)(O)OC[C@H]2O[C@@H](n3cnc4c(=O)[nH]c(N)nc43)[C@H](O)[C@@H]2O)C(COP(O)(=S)OP(=O)(O)OP(=O)(O)O)O[C@H]1n1cnc2c(N)ncnc21. The first-order valence-electron chi connectivity index (χ1n) is 14.9. The van der Waals surface area contributed by atoms with Crippen LogP contribution in [0.5, 0.6) is 0 Å². The fourth-order valence-electron chi connectivity index (χ4n) is 5.55. The molecule has 55 heavy (non-hydrogen) atoms. The maximum Gasteiger partial charge on any atom is 0.488 e. The third-order valence-corrected chi connectivity index (χ3v) is 13.5. The number of fused-ring (bicyclic) bond motifs is 2. The average Bonchev–Trinajstić information content (AvgIpc) is 3.82. The summed E-state index contributed by atoms with van der Waals surface area (Å²) in [5, 5.41) is 21.5. The molecule has 29 nitrogen and oxygen atoms in total. The molecule has 6 heterocycles. The van der Waals surface area contributed by atoms with E-state index >= 15 is 0 Å². The number of ether oxygens (including phenoxy) is 3. The highest BCUT2D eigenvalue weighted by Crippen LogP contribution is 2.66. The third kappa shape index (κ3) is 9.19. The lowest BCUT2D eigenvalue weighted by atomic mass is 10.1. The van der Waals surface area contributed by atoms with Crippen LogP contribution in [0.2, 0.25) is 0 Å². The van der Waals surface area contributed by atoms with Gasteiger partial charge in [-0.3, -0.25) is 28.0 Å². The molecular weight excluding hydrogens is 852 g/mol. The Hall–Kier alpha value is -2.76. The molecule has 34 heteroatoms. The molecule has 0 spiro atoms. The molecule has 0 saturated carbocycles. The highest BCUT2D eigenvalue weighted by molar-refractivity contribution is 8.08. The van der Waals surface area contributed by atoms with E-state index in [0.717, 1.165) is 24.3 Å². The number of H-pyrrole nitrogens is 1. The molecule has 2 aliphatic heterocycles. The van der Waals surface area contributed by atoms with Crippen LogP contribution in [-0.4, -0.2) is 131 Å². The number of nitrogens with two attached hydrogens (primary N) is 2. The zero-order valence-electron chi connectivity index (χ0n) is 27.3. The molecule has 11 atom stereocenters. The Morgan fingerprint density at radius 3 is 2.15 bits per heavy atom. The predicted octanol–water partition coefficient (Wildman–Crippen LogP) is -2.38. The Labute approximate surface area is 309 Å². The number of aliphatic hydroxyl groups excluding tert-OH is 2. The summed E-state index contributed by atoms with van der Waals surface area (Å²) in [6, 6.07) is 0. The van der Waals surface area contributed by atoms with Gasteiger partial charge >= 0.3 is 30.2 Å². The molecular formula is C21H30N10O19P4S. The van der Waals surface area contributed by atoms with E-state index < -0.39 is 98.0 Å². The Morgan fingerprint density at radius 2 is 1.47 bits per heavy atom. The molecule has 4 unspecified atom stereocenters. The van der Waals surface area contributed by atoms with Gasteiger partial charge in [0.1, 0.15) is 48.5 Å². The van der Waals surface area contributed by atoms with Gasteiger partial charge in [0.05, 0.1) is 25.9 Å². The highest BCUT2D eigenvalue weighted by Gasteiger charge is 2.52. The number of anilines is 2. The van der Waals surface area contributed by atoms with Gasteiger partial charge in [-0.2, -0.15) is 9.29 Å². The number of aromatic nitrogens is 8. The summed E-state index contributed by atoms with van der Waals surface area (Å²) in [6.45, 7) is -6.80. The molecule has 304 valence electrons. The summed E-state index contributed by atoms with van der Waals surface area (Å²) in [5.41, 5.74) is 10.7. The van der Waals surface area contributed by atoms with E-state index in [9.17, 15) is 43.4 Å². The van der Waals surface area contributed by atoms with Gasteiger partial charge in [-0.25, -0.2) is 37.9 Å². The summed E-state index contributed by atoms with van der Waals surface area (Å²) < 4.78 is 79.5. The van der Waals surface area contributed by atoms with Crippen LogP contribution < -0.4 is 17.0 Å². The normalized spacial score (nSPS) is 29.4. The molecule has 2 fully saturated rings. The molecule has 2 saturated heterocycles. The monoisotopic (exact) mass is 882 g/mol. The van der Waals surface area contributed by atoms with Crippen LogP contribution in [0, 0.1) is 0 Å². The maximum atomic E-state index is 13.4. The number of nitrogens with zero attached hydrogens (tertiary/aromatic N) is 7. The number of aromatic amines is 1. The molecule has 0 aliphatic carbocycles. The Bertz CT molecular complexity index is 2320. The average molecular weight is 882 g/mol. The number of hydrogen-bond acceptors (Lipinski definition) is 22. The van der Waals surface area contributed by atoms with Crippen molar-refractivity contribution in [3.63, 3.8) is 0 Å². The first-order chi connectivity index (χ1) is 25.6. The number of rotatable bonds is 15. The minimum atomic E-state index is -5.73. The summed E-state index contributed by atoms with van der Waals surface area (Å²) in [7, 11) is -15.5. The van der Waals surface area contributed by atoms with Gasteiger partial charge in [-0.1, -0.05) is 0 Å². The van der Waals surface area contributed by atoms with Gasteiger partial charge in [-0.05, 0) is 11.8 Å². The van der Waals surface area contributed by atoms with Gasteiger partial charge < -0.3 is 64.9 Å². The van der Waals surface area contributed by atoms with Crippen LogP contribution in [0.1, 0.15) is 12.5 Å². The number of phosphoric acid groups is 3. The second-order valence-electron chi connectivity index (χ2n) is 11.4. The molecule has 2 aliphatic rings. The number of nitrogens with one attached hydrogen (secondary N) is 1. The van der Waals surface area contributed by atoms with E-state index in [0.29, 0.717) is 0 Å². The van der Waals surface area contributed by atoms with Crippen molar-refractivity contribution >= 4 is 76.1 Å².